The highest BCUT2D eigenvalue weighted by molar-refractivity contribution is 5.49. The van der Waals surface area contributed by atoms with Crippen molar-refractivity contribution in [2.24, 2.45) is 39.4 Å². The molecule has 31 heavy (non-hydrogen) atoms. The van der Waals surface area contributed by atoms with Crippen LogP contribution in [-0.4, -0.2) is 11.2 Å². The molecular formula is C30H48O. The van der Waals surface area contributed by atoms with Gasteiger partial charge in [-0.2, -0.15) is 0 Å². The lowest BCUT2D eigenvalue weighted by Crippen LogP contribution is -2.54. The fraction of sp³-hybridized carbons (Fsp3) is 0.800. The van der Waals surface area contributed by atoms with Crippen LogP contribution < -0.4 is 0 Å². The third-order valence-corrected chi connectivity index (χ3v) is 11.1. The van der Waals surface area contributed by atoms with Gasteiger partial charge in [-0.15, -0.1) is 0 Å². The van der Waals surface area contributed by atoms with Crippen molar-refractivity contribution in [3.8, 4) is 0 Å². The van der Waals surface area contributed by atoms with E-state index in [1.165, 1.54) is 37.7 Å². The van der Waals surface area contributed by atoms with Crippen molar-refractivity contribution in [1.82, 2.24) is 0 Å². The zero-order chi connectivity index (χ0) is 22.8. The Hall–Kier alpha value is -0.820. The van der Waals surface area contributed by atoms with E-state index < -0.39 is 0 Å². The van der Waals surface area contributed by atoms with Crippen molar-refractivity contribution in [2.45, 2.75) is 113 Å². The van der Waals surface area contributed by atoms with E-state index in [-0.39, 0.29) is 16.9 Å². The van der Waals surface area contributed by atoms with Crippen molar-refractivity contribution in [2.75, 3.05) is 0 Å². The molecule has 0 spiro atoms. The van der Waals surface area contributed by atoms with E-state index in [2.05, 4.69) is 73.6 Å². The van der Waals surface area contributed by atoms with E-state index in [1.807, 2.05) is 0 Å². The van der Waals surface area contributed by atoms with Gasteiger partial charge in [-0.05, 0) is 116 Å². The first-order chi connectivity index (χ1) is 14.4. The SMILES string of the molecule is CC(C)=CCC[C@@H](C)C1CC[C@]2(C)C3=CC[C@H]4C(C)(C)[C@@H](O)CC[C@]4(C)C3=CC[C@@]12C. The molecule has 0 aromatic rings. The molecule has 4 aliphatic carbocycles. The summed E-state index contributed by atoms with van der Waals surface area (Å²) in [7, 11) is 0. The monoisotopic (exact) mass is 424 g/mol. The Morgan fingerprint density at radius 1 is 1.06 bits per heavy atom. The second-order valence-electron chi connectivity index (χ2n) is 13.3. The third-order valence-electron chi connectivity index (χ3n) is 11.1. The van der Waals surface area contributed by atoms with E-state index in [0.29, 0.717) is 16.7 Å². The van der Waals surface area contributed by atoms with E-state index in [4.69, 9.17) is 0 Å². The standard InChI is InChI=1S/C30H48O/c1-20(2)10-9-11-21(3)22-14-18-30(8)24-12-13-25-27(4,5)26(31)16-17-28(25,6)23(24)15-19-29(22,30)7/h10,12,15,21-22,25-26,31H,9,11,13-14,16-19H2,1-8H3/t21-,22?,25+,26+,28-,29+,30-/m1/s1. The molecular weight excluding hydrogens is 376 g/mol. The van der Waals surface area contributed by atoms with Crippen LogP contribution in [0, 0.1) is 39.4 Å². The number of hydrogen-bond acceptors (Lipinski definition) is 1. The van der Waals surface area contributed by atoms with E-state index in [1.54, 1.807) is 11.1 Å². The summed E-state index contributed by atoms with van der Waals surface area (Å²) in [5.41, 5.74) is 5.73. The smallest absolute Gasteiger partial charge is 0.0594 e. The van der Waals surface area contributed by atoms with Crippen LogP contribution in [0.5, 0.6) is 0 Å². The van der Waals surface area contributed by atoms with Crippen LogP contribution in [0.3, 0.4) is 0 Å². The molecule has 1 unspecified atom stereocenters. The summed E-state index contributed by atoms with van der Waals surface area (Å²) in [4.78, 5) is 0. The topological polar surface area (TPSA) is 20.2 Å². The number of aliphatic hydroxyl groups excluding tert-OH is 1. The fourth-order valence-electron chi connectivity index (χ4n) is 8.78. The minimum atomic E-state index is -0.164. The fourth-order valence-corrected chi connectivity index (χ4v) is 8.78. The predicted molar refractivity (Wildman–Crippen MR) is 133 cm³/mol. The third kappa shape index (κ3) is 3.27. The maximum atomic E-state index is 10.8. The molecule has 0 aromatic carbocycles. The molecule has 1 nitrogen and oxygen atoms in total. The van der Waals surface area contributed by atoms with Gasteiger partial charge in [-0.25, -0.2) is 0 Å². The highest BCUT2D eigenvalue weighted by Gasteiger charge is 2.62. The first kappa shape index (κ1) is 23.3. The molecule has 0 aliphatic heterocycles. The molecule has 0 heterocycles. The summed E-state index contributed by atoms with van der Waals surface area (Å²) < 4.78 is 0. The largest absolute Gasteiger partial charge is 0.393 e. The Balaban J connectivity index is 1.66. The minimum Gasteiger partial charge on any atom is -0.393 e. The summed E-state index contributed by atoms with van der Waals surface area (Å²) in [6, 6.07) is 0. The van der Waals surface area contributed by atoms with Crippen molar-refractivity contribution < 1.29 is 5.11 Å². The first-order valence-electron chi connectivity index (χ1n) is 13.1. The lowest BCUT2D eigenvalue weighted by atomic mass is 9.44. The van der Waals surface area contributed by atoms with Crippen LogP contribution in [-0.2, 0) is 0 Å². The maximum Gasteiger partial charge on any atom is 0.0594 e. The number of aliphatic hydroxyl groups is 1. The van der Waals surface area contributed by atoms with Crippen LogP contribution in [0.4, 0.5) is 0 Å². The van der Waals surface area contributed by atoms with Crippen LogP contribution in [0.1, 0.15) is 107 Å². The molecule has 2 saturated carbocycles. The molecule has 174 valence electrons. The van der Waals surface area contributed by atoms with Gasteiger partial charge in [0.25, 0.3) is 0 Å². The van der Waals surface area contributed by atoms with Crippen LogP contribution >= 0.6 is 0 Å². The van der Waals surface area contributed by atoms with Crippen LogP contribution in [0.25, 0.3) is 0 Å². The number of fused-ring (bicyclic) bond motifs is 5. The van der Waals surface area contributed by atoms with Gasteiger partial charge in [-0.3, -0.25) is 0 Å². The summed E-state index contributed by atoms with van der Waals surface area (Å²) in [5, 5.41) is 10.8. The lowest BCUT2D eigenvalue weighted by molar-refractivity contribution is -0.0851. The normalized spacial score (nSPS) is 44.4. The first-order valence-corrected chi connectivity index (χ1v) is 13.1. The Morgan fingerprint density at radius 2 is 1.77 bits per heavy atom. The maximum absolute atomic E-state index is 10.8. The highest BCUT2D eigenvalue weighted by atomic mass is 16.3. The van der Waals surface area contributed by atoms with Crippen molar-refractivity contribution in [3.05, 3.63) is 34.9 Å². The average Bonchev–Trinajstić information content (AvgIpc) is 2.96. The second-order valence-corrected chi connectivity index (χ2v) is 13.3. The molecule has 1 N–H and O–H groups in total. The van der Waals surface area contributed by atoms with Crippen LogP contribution in [0.2, 0.25) is 0 Å². The summed E-state index contributed by atoms with van der Waals surface area (Å²) in [6.07, 6.45) is 17.3. The van der Waals surface area contributed by atoms with Gasteiger partial charge in [0.05, 0.1) is 6.10 Å². The van der Waals surface area contributed by atoms with Gasteiger partial charge in [-0.1, -0.05) is 65.3 Å². The zero-order valence-electron chi connectivity index (χ0n) is 21.6. The summed E-state index contributed by atoms with van der Waals surface area (Å²) >= 11 is 0. The zero-order valence-corrected chi connectivity index (χ0v) is 21.6. The average molecular weight is 425 g/mol. The summed E-state index contributed by atoms with van der Waals surface area (Å²) in [5.74, 6) is 2.15. The van der Waals surface area contributed by atoms with Crippen LogP contribution in [0.15, 0.2) is 34.9 Å². The summed E-state index contributed by atoms with van der Waals surface area (Å²) in [6.45, 7) is 19.4. The number of hydrogen-bond donors (Lipinski definition) is 1. The van der Waals surface area contributed by atoms with Gasteiger partial charge in [0.1, 0.15) is 0 Å². The molecule has 4 rings (SSSR count). The molecule has 1 heteroatoms. The van der Waals surface area contributed by atoms with Crippen molar-refractivity contribution >= 4 is 0 Å². The van der Waals surface area contributed by atoms with Gasteiger partial charge in [0.15, 0.2) is 0 Å². The highest BCUT2D eigenvalue weighted by Crippen LogP contribution is 2.71. The Bertz CT molecular complexity index is 808. The van der Waals surface area contributed by atoms with Crippen molar-refractivity contribution in [3.63, 3.8) is 0 Å². The molecule has 0 amide bonds. The minimum absolute atomic E-state index is 0.00478. The molecule has 4 aliphatic rings. The van der Waals surface area contributed by atoms with E-state index in [9.17, 15) is 5.11 Å². The predicted octanol–water partition coefficient (Wildman–Crippen LogP) is 8.26. The molecule has 7 atom stereocenters. The van der Waals surface area contributed by atoms with Crippen molar-refractivity contribution in [1.29, 1.82) is 0 Å². The Labute approximate surface area is 192 Å². The van der Waals surface area contributed by atoms with Gasteiger partial charge >= 0.3 is 0 Å². The van der Waals surface area contributed by atoms with Gasteiger partial charge < -0.3 is 5.11 Å². The quantitative estimate of drug-likeness (QED) is 0.450. The molecule has 0 saturated heterocycles. The molecule has 0 bridgehead atoms. The van der Waals surface area contributed by atoms with E-state index >= 15 is 0 Å². The lowest BCUT2D eigenvalue weighted by Gasteiger charge is -2.61. The van der Waals surface area contributed by atoms with Gasteiger partial charge in [0, 0.05) is 0 Å². The molecule has 2 fully saturated rings. The van der Waals surface area contributed by atoms with E-state index in [0.717, 1.165) is 31.1 Å². The molecule has 0 radical (unpaired) electrons. The number of rotatable bonds is 4. The Morgan fingerprint density at radius 3 is 2.45 bits per heavy atom. The Kier molecular flexibility index (Phi) is 5.73. The molecule has 0 aromatic heterocycles. The van der Waals surface area contributed by atoms with Gasteiger partial charge in [0.2, 0.25) is 0 Å². The number of allylic oxidation sites excluding steroid dienone is 6. The second kappa shape index (κ2) is 7.61.